The number of fused-ring (bicyclic) bond motifs is 2. The third kappa shape index (κ3) is 7.17. The van der Waals surface area contributed by atoms with E-state index in [4.69, 9.17) is 28.8 Å². The first kappa shape index (κ1) is 32.6. The Morgan fingerprint density at radius 1 is 1.07 bits per heavy atom. The standard InChI is InChI=1S/C22H25F3N8O8P2S2/c23-22(24,25)12-2-1-3-13-18(12)30-31-33(13)16-5-4-11(39-16)7-38-43(36,45)41-14-6-17(40-15(14)8-37-42(34,35)44)32-10-29-19-20(26)27-9-28-21(19)32/h1-3,9-11,14-17H,4-8H2,(H,36,45)(H2,26,27,28)(H2,34,35,44)/t11-,14-,15+,16+,17+,43+/m0/s1. The number of ether oxygens (including phenoxy) is 2. The molecule has 0 aliphatic carbocycles. The minimum atomic E-state index is -4.60. The van der Waals surface area contributed by atoms with Crippen LogP contribution in [0.2, 0.25) is 0 Å². The molecule has 7 atom stereocenters. The normalized spacial score (nSPS) is 26.8. The summed E-state index contributed by atoms with van der Waals surface area (Å²) in [5, 5.41) is 7.58. The van der Waals surface area contributed by atoms with Crippen LogP contribution in [0, 0.1) is 0 Å². The van der Waals surface area contributed by atoms with Gasteiger partial charge in [-0.3, -0.25) is 18.1 Å². The highest BCUT2D eigenvalue weighted by molar-refractivity contribution is 8.44. The highest BCUT2D eigenvalue weighted by Gasteiger charge is 2.43. The fourth-order valence-corrected chi connectivity index (χ4v) is 7.24. The first-order valence-corrected chi connectivity index (χ1v) is 18.6. The number of rotatable bonds is 10. The van der Waals surface area contributed by atoms with Crippen molar-refractivity contribution in [3.05, 3.63) is 36.4 Å². The number of nitrogens with zero attached hydrogens (tertiary/aromatic N) is 7. The van der Waals surface area contributed by atoms with E-state index < -0.39 is 62.7 Å². The minimum Gasteiger partial charge on any atom is -0.382 e. The molecule has 2 aliphatic rings. The molecule has 244 valence electrons. The van der Waals surface area contributed by atoms with Crippen LogP contribution in [-0.2, 0) is 38.4 Å². The first-order chi connectivity index (χ1) is 21.2. The average Bonchev–Trinajstić information content (AvgIpc) is 3.75. The highest BCUT2D eigenvalue weighted by Crippen LogP contribution is 2.57. The largest absolute Gasteiger partial charge is 0.418 e. The van der Waals surface area contributed by atoms with Crippen molar-refractivity contribution in [1.82, 2.24) is 34.5 Å². The van der Waals surface area contributed by atoms with Gasteiger partial charge in [-0.25, -0.2) is 28.8 Å². The number of nitrogen functional groups attached to an aromatic ring is 1. The molecular formula is C22H25F3N8O8P2S2. The van der Waals surface area contributed by atoms with Gasteiger partial charge in [-0.15, -0.1) is 5.10 Å². The van der Waals surface area contributed by atoms with Crippen molar-refractivity contribution >= 4 is 66.1 Å². The molecule has 0 bridgehead atoms. The summed E-state index contributed by atoms with van der Waals surface area (Å²) < 4.78 is 96.0. The molecule has 2 fully saturated rings. The predicted octanol–water partition coefficient (Wildman–Crippen LogP) is 4.32. The smallest absolute Gasteiger partial charge is 0.382 e. The summed E-state index contributed by atoms with van der Waals surface area (Å²) in [5.41, 5.74) is 5.48. The lowest BCUT2D eigenvalue weighted by molar-refractivity contribution is -0.136. The zero-order chi connectivity index (χ0) is 32.1. The van der Waals surface area contributed by atoms with Crippen molar-refractivity contribution in [3.8, 4) is 0 Å². The van der Waals surface area contributed by atoms with E-state index in [9.17, 15) is 27.2 Å². The molecule has 23 heteroatoms. The third-order valence-electron chi connectivity index (χ3n) is 7.14. The number of aromatic nitrogens is 7. The second-order valence-corrected chi connectivity index (χ2v) is 15.8. The Hall–Kier alpha value is -2.32. The number of benzene rings is 1. The number of nitrogens with two attached hydrogens (primary N) is 1. The van der Waals surface area contributed by atoms with E-state index in [1.807, 2.05) is 0 Å². The van der Waals surface area contributed by atoms with Crippen LogP contribution in [-0.4, -0.2) is 70.9 Å². The molecule has 1 aromatic carbocycles. The van der Waals surface area contributed by atoms with Crippen molar-refractivity contribution < 1.29 is 50.2 Å². The summed E-state index contributed by atoms with van der Waals surface area (Å²) >= 11 is 7.61. The van der Waals surface area contributed by atoms with Gasteiger partial charge in [0.05, 0.1) is 36.7 Å². The van der Waals surface area contributed by atoms with Gasteiger partial charge in [0.1, 0.15) is 35.8 Å². The van der Waals surface area contributed by atoms with Crippen LogP contribution >= 0.6 is 38.1 Å². The van der Waals surface area contributed by atoms with Gasteiger partial charge in [-0.1, -0.05) is 35.8 Å². The summed E-state index contributed by atoms with van der Waals surface area (Å²) in [7, 11) is 0. The van der Waals surface area contributed by atoms with E-state index in [2.05, 4.69) is 49.8 Å². The van der Waals surface area contributed by atoms with Crippen LogP contribution in [0.4, 0.5) is 19.0 Å². The topological polar surface area (TPSA) is 201 Å². The molecule has 4 aromatic rings. The molecule has 45 heavy (non-hydrogen) atoms. The van der Waals surface area contributed by atoms with Crippen molar-refractivity contribution in [2.45, 2.75) is 56.2 Å². The predicted molar refractivity (Wildman–Crippen MR) is 156 cm³/mol. The zero-order valence-electron chi connectivity index (χ0n) is 22.7. The monoisotopic (exact) mass is 712 g/mol. The molecule has 0 amide bonds. The molecule has 6 rings (SSSR count). The quantitative estimate of drug-likeness (QED) is 0.134. The Morgan fingerprint density at radius 2 is 1.87 bits per heavy atom. The molecule has 0 radical (unpaired) electrons. The number of anilines is 1. The maximum Gasteiger partial charge on any atom is 0.418 e. The summed E-state index contributed by atoms with van der Waals surface area (Å²) in [4.78, 5) is 21.8. The Morgan fingerprint density at radius 3 is 2.62 bits per heavy atom. The first-order valence-electron chi connectivity index (χ1n) is 13.2. The van der Waals surface area contributed by atoms with E-state index in [1.165, 1.54) is 29.5 Å². The number of halogens is 3. The van der Waals surface area contributed by atoms with Gasteiger partial charge >= 0.3 is 19.8 Å². The molecule has 16 nitrogen and oxygen atoms in total. The highest BCUT2D eigenvalue weighted by atomic mass is 32.7. The maximum absolute atomic E-state index is 13.4. The van der Waals surface area contributed by atoms with Gasteiger partial charge in [-0.05, 0) is 25.0 Å². The molecule has 2 saturated heterocycles. The molecule has 0 spiro atoms. The van der Waals surface area contributed by atoms with Crippen LogP contribution in [0.15, 0.2) is 30.9 Å². The fraction of sp³-hybridized carbons (Fsp3) is 0.500. The van der Waals surface area contributed by atoms with E-state index in [-0.39, 0.29) is 29.9 Å². The van der Waals surface area contributed by atoms with Gasteiger partial charge in [-0.2, -0.15) is 13.2 Å². The van der Waals surface area contributed by atoms with Crippen LogP contribution in [0.1, 0.15) is 37.3 Å². The van der Waals surface area contributed by atoms with Crippen molar-refractivity contribution in [2.75, 3.05) is 18.9 Å². The Labute approximate surface area is 262 Å². The van der Waals surface area contributed by atoms with E-state index in [1.54, 1.807) is 4.57 Å². The number of alkyl halides is 3. The van der Waals surface area contributed by atoms with Gasteiger partial charge in [0.25, 0.3) is 0 Å². The molecule has 5 heterocycles. The van der Waals surface area contributed by atoms with Gasteiger partial charge < -0.3 is 20.1 Å². The molecular weight excluding hydrogens is 687 g/mol. The lowest BCUT2D eigenvalue weighted by Gasteiger charge is -2.23. The summed E-state index contributed by atoms with van der Waals surface area (Å²) in [6.45, 7) is -8.99. The van der Waals surface area contributed by atoms with Crippen LogP contribution in [0.25, 0.3) is 22.2 Å². The van der Waals surface area contributed by atoms with Crippen LogP contribution in [0.5, 0.6) is 0 Å². The van der Waals surface area contributed by atoms with Gasteiger partial charge in [0.2, 0.25) is 0 Å². The van der Waals surface area contributed by atoms with E-state index in [0.29, 0.717) is 24.0 Å². The number of hydrogen-bond acceptors (Lipinski definition) is 13. The lowest BCUT2D eigenvalue weighted by atomic mass is 10.1. The fourth-order valence-electron chi connectivity index (χ4n) is 5.16. The second-order valence-electron chi connectivity index (χ2n) is 10.1. The Bertz CT molecular complexity index is 1810. The Balaban J connectivity index is 1.11. The van der Waals surface area contributed by atoms with Crippen LogP contribution in [0.3, 0.4) is 0 Å². The molecule has 1 unspecified atom stereocenters. The zero-order valence-corrected chi connectivity index (χ0v) is 26.3. The lowest BCUT2D eigenvalue weighted by Crippen LogP contribution is -2.28. The van der Waals surface area contributed by atoms with Gasteiger partial charge in [0, 0.05) is 6.42 Å². The molecule has 3 N–H and O–H groups in total. The Kier molecular flexibility index (Phi) is 8.96. The van der Waals surface area contributed by atoms with Gasteiger partial charge in [0.15, 0.2) is 17.7 Å². The second kappa shape index (κ2) is 12.4. The molecule has 0 saturated carbocycles. The van der Waals surface area contributed by atoms with E-state index in [0.717, 1.165) is 6.07 Å². The van der Waals surface area contributed by atoms with Crippen molar-refractivity contribution in [3.63, 3.8) is 0 Å². The average molecular weight is 713 g/mol. The maximum atomic E-state index is 13.4. The van der Waals surface area contributed by atoms with E-state index >= 15 is 0 Å². The SMILES string of the molecule is Nc1ncnc2c1ncn2[C@H]1C[C@H](O[P@](=O)(S)OC[C@@H]2CC[C@H](n3nnc4c(C(F)(F)F)cccc43)O2)[C@@H](COP(=O)(O)S)O1. The number of imidazole rings is 1. The number of thiol groups is 2. The summed E-state index contributed by atoms with van der Waals surface area (Å²) in [6, 6.07) is 3.65. The molecule has 2 aliphatic heterocycles. The van der Waals surface area contributed by atoms with Crippen molar-refractivity contribution in [1.29, 1.82) is 0 Å². The van der Waals surface area contributed by atoms with Crippen LogP contribution < -0.4 is 5.73 Å². The minimum absolute atomic E-state index is 0.0564. The summed E-state index contributed by atoms with van der Waals surface area (Å²) in [6.07, 6.45) is -5.28. The number of hydrogen-bond donors (Lipinski definition) is 4. The molecule has 3 aromatic heterocycles. The van der Waals surface area contributed by atoms with Crippen molar-refractivity contribution in [2.24, 2.45) is 0 Å². The summed E-state index contributed by atoms with van der Waals surface area (Å²) in [5.74, 6) is 0.147. The third-order valence-corrected chi connectivity index (χ3v) is 9.62.